The van der Waals surface area contributed by atoms with E-state index in [1.807, 2.05) is 0 Å². The molecule has 0 aliphatic carbocycles. The van der Waals surface area contributed by atoms with Gasteiger partial charge in [-0.05, 0) is 0 Å². The summed E-state index contributed by atoms with van der Waals surface area (Å²) in [6.07, 6.45) is 2.43. The Bertz CT molecular complexity index is 382. The monoisotopic (exact) mass is 365 g/mol. The predicted molar refractivity (Wildman–Crippen MR) is 74.2 cm³/mol. The normalized spacial score (nSPS) is 8.60. The molecular weight excluding hydrogens is 352 g/mol. The third kappa shape index (κ3) is 4.11. The van der Waals surface area contributed by atoms with E-state index < -0.39 is 0 Å². The third-order valence-electron chi connectivity index (χ3n) is 2.29. The number of rotatable bonds is 2. The molecule has 0 aliphatic rings. The van der Waals surface area contributed by atoms with Gasteiger partial charge >= 0.3 is 0 Å². The molecule has 2 rings (SSSR count). The first kappa shape index (κ1) is 17.9. The molecule has 0 N–H and O–H groups in total. The smallest absolute Gasteiger partial charge is 0 e. The standard InChI is InChI=1S/C12H13.2BrH.Ti/c1-2-5-10-8-9-11-6-3-4-7-12(10)11;;;/h3-4,6-9H,2,5H2,1H3;2*1H;/q-1;;;. The second kappa shape index (κ2) is 8.63. The Morgan fingerprint density at radius 1 is 1.07 bits per heavy atom. The third-order valence-corrected chi connectivity index (χ3v) is 2.29. The van der Waals surface area contributed by atoms with Crippen molar-refractivity contribution in [3.05, 3.63) is 42.0 Å². The van der Waals surface area contributed by atoms with Crippen LogP contribution >= 0.6 is 34.0 Å². The van der Waals surface area contributed by atoms with Gasteiger partial charge in [-0.3, -0.25) is 0 Å². The summed E-state index contributed by atoms with van der Waals surface area (Å²) in [7, 11) is 0. The van der Waals surface area contributed by atoms with Crippen LogP contribution in [0.3, 0.4) is 0 Å². The Kier molecular flexibility index (Phi) is 10.3. The first-order chi connectivity index (χ1) is 5.92. The molecule has 0 heterocycles. The molecule has 2 aromatic carbocycles. The Morgan fingerprint density at radius 2 is 1.73 bits per heavy atom. The van der Waals surface area contributed by atoms with Gasteiger partial charge in [0.05, 0.1) is 0 Å². The van der Waals surface area contributed by atoms with Crippen LogP contribution in [0.1, 0.15) is 18.9 Å². The molecule has 0 spiro atoms. The molecule has 0 aromatic heterocycles. The average Bonchev–Trinajstić information content (AvgIpc) is 2.50. The van der Waals surface area contributed by atoms with Crippen molar-refractivity contribution in [1.82, 2.24) is 0 Å². The van der Waals surface area contributed by atoms with Gasteiger partial charge in [-0.2, -0.15) is 6.07 Å². The zero-order chi connectivity index (χ0) is 8.39. The number of hydrogen-bond acceptors (Lipinski definition) is 0. The molecule has 0 saturated heterocycles. The van der Waals surface area contributed by atoms with E-state index in [9.17, 15) is 0 Å². The van der Waals surface area contributed by atoms with E-state index in [0.29, 0.717) is 0 Å². The fourth-order valence-electron chi connectivity index (χ4n) is 1.70. The molecule has 2 aromatic rings. The van der Waals surface area contributed by atoms with Crippen molar-refractivity contribution in [3.63, 3.8) is 0 Å². The van der Waals surface area contributed by atoms with Crippen molar-refractivity contribution in [2.45, 2.75) is 19.8 Å². The molecular formula is C12H15Br2Ti-. The summed E-state index contributed by atoms with van der Waals surface area (Å²) < 4.78 is 0. The average molecular weight is 367 g/mol. The van der Waals surface area contributed by atoms with Gasteiger partial charge in [0.15, 0.2) is 0 Å². The van der Waals surface area contributed by atoms with E-state index in [2.05, 4.69) is 43.3 Å². The van der Waals surface area contributed by atoms with E-state index in [1.165, 1.54) is 29.2 Å². The largest absolute Gasteiger partial charge is 0.168 e. The van der Waals surface area contributed by atoms with Crippen molar-refractivity contribution in [1.29, 1.82) is 0 Å². The minimum Gasteiger partial charge on any atom is -0.168 e. The number of aryl methyl sites for hydroxylation is 1. The van der Waals surface area contributed by atoms with E-state index in [-0.39, 0.29) is 55.7 Å². The molecule has 0 aliphatic heterocycles. The summed E-state index contributed by atoms with van der Waals surface area (Å²) in [4.78, 5) is 0. The molecule has 0 bridgehead atoms. The van der Waals surface area contributed by atoms with Gasteiger partial charge in [-0.1, -0.05) is 25.8 Å². The van der Waals surface area contributed by atoms with Gasteiger partial charge < -0.3 is 0 Å². The topological polar surface area (TPSA) is 0 Å². The molecule has 0 atom stereocenters. The molecule has 3 heteroatoms. The maximum Gasteiger partial charge on any atom is 0 e. The maximum atomic E-state index is 2.24. The first-order valence-electron chi connectivity index (χ1n) is 4.55. The van der Waals surface area contributed by atoms with Crippen LogP contribution in [0.5, 0.6) is 0 Å². The van der Waals surface area contributed by atoms with Crippen LogP contribution in [-0.2, 0) is 28.1 Å². The first-order valence-corrected chi connectivity index (χ1v) is 4.55. The van der Waals surface area contributed by atoms with Gasteiger partial charge in [0.1, 0.15) is 0 Å². The van der Waals surface area contributed by atoms with Crippen LogP contribution in [0.4, 0.5) is 0 Å². The minimum absolute atomic E-state index is 0. The van der Waals surface area contributed by atoms with Crippen LogP contribution in [0, 0.1) is 0 Å². The SMILES string of the molecule is Br.Br.CCC[c-]1ccc2ccccc21.[Ti]. The molecule has 0 unspecified atom stereocenters. The summed E-state index contributed by atoms with van der Waals surface area (Å²) in [5, 5.41) is 2.81. The number of benzene rings is 1. The van der Waals surface area contributed by atoms with Gasteiger partial charge in [-0.15, -0.1) is 74.6 Å². The molecule has 0 amide bonds. The van der Waals surface area contributed by atoms with Crippen molar-refractivity contribution < 1.29 is 21.7 Å². The zero-order valence-electron chi connectivity index (χ0n) is 8.69. The summed E-state index contributed by atoms with van der Waals surface area (Å²) in [5.41, 5.74) is 1.49. The van der Waals surface area contributed by atoms with E-state index in [4.69, 9.17) is 0 Å². The van der Waals surface area contributed by atoms with Crippen molar-refractivity contribution in [2.75, 3.05) is 0 Å². The quantitative estimate of drug-likeness (QED) is 0.535. The minimum atomic E-state index is 0. The second-order valence-electron chi connectivity index (χ2n) is 3.20. The van der Waals surface area contributed by atoms with Crippen LogP contribution in [0.15, 0.2) is 36.4 Å². The molecule has 0 fully saturated rings. The molecule has 82 valence electrons. The van der Waals surface area contributed by atoms with Gasteiger partial charge in [0.2, 0.25) is 0 Å². The molecule has 0 saturated carbocycles. The van der Waals surface area contributed by atoms with E-state index >= 15 is 0 Å². The van der Waals surface area contributed by atoms with Gasteiger partial charge in [-0.25, -0.2) is 0 Å². The molecule has 0 radical (unpaired) electrons. The van der Waals surface area contributed by atoms with Gasteiger partial charge in [0.25, 0.3) is 0 Å². The maximum absolute atomic E-state index is 2.24. The fourth-order valence-corrected chi connectivity index (χ4v) is 1.70. The Labute approximate surface area is 127 Å². The van der Waals surface area contributed by atoms with E-state index in [0.717, 1.165) is 0 Å². The van der Waals surface area contributed by atoms with Crippen molar-refractivity contribution in [2.24, 2.45) is 0 Å². The Morgan fingerprint density at radius 3 is 2.40 bits per heavy atom. The molecule has 15 heavy (non-hydrogen) atoms. The fraction of sp³-hybridized carbons (Fsp3) is 0.250. The number of hydrogen-bond donors (Lipinski definition) is 0. The van der Waals surface area contributed by atoms with Crippen LogP contribution in [0.25, 0.3) is 10.8 Å². The van der Waals surface area contributed by atoms with Crippen molar-refractivity contribution in [3.8, 4) is 0 Å². The zero-order valence-corrected chi connectivity index (χ0v) is 13.7. The number of fused-ring (bicyclic) bond motifs is 1. The summed E-state index contributed by atoms with van der Waals surface area (Å²) in [6.45, 7) is 2.22. The summed E-state index contributed by atoms with van der Waals surface area (Å²) >= 11 is 0. The van der Waals surface area contributed by atoms with Crippen LogP contribution < -0.4 is 0 Å². The predicted octanol–water partition coefficient (Wildman–Crippen LogP) is 4.66. The van der Waals surface area contributed by atoms with E-state index in [1.54, 1.807) is 0 Å². The summed E-state index contributed by atoms with van der Waals surface area (Å²) in [6, 6.07) is 13.0. The Hall–Kier alpha value is 0.504. The Balaban J connectivity index is 0. The summed E-state index contributed by atoms with van der Waals surface area (Å²) in [5.74, 6) is 0. The molecule has 0 nitrogen and oxygen atoms in total. The van der Waals surface area contributed by atoms with Crippen LogP contribution in [-0.4, -0.2) is 0 Å². The second-order valence-corrected chi connectivity index (χ2v) is 3.20. The van der Waals surface area contributed by atoms with Crippen molar-refractivity contribution >= 4 is 44.7 Å². The van der Waals surface area contributed by atoms with Gasteiger partial charge in [0, 0.05) is 21.7 Å². The number of halogens is 2. The van der Waals surface area contributed by atoms with Crippen LogP contribution in [0.2, 0.25) is 0 Å².